The van der Waals surface area contributed by atoms with Crippen LogP contribution in [0.1, 0.15) is 49.6 Å². The van der Waals surface area contributed by atoms with Gasteiger partial charge in [0.25, 0.3) is 0 Å². The van der Waals surface area contributed by atoms with E-state index in [1.54, 1.807) is 0 Å². The smallest absolute Gasteiger partial charge is 0.181 e. The molecule has 1 aliphatic carbocycles. The minimum absolute atomic E-state index is 0.307. The van der Waals surface area contributed by atoms with Crippen LogP contribution < -0.4 is 5.32 Å². The number of halogens is 1. The van der Waals surface area contributed by atoms with Gasteiger partial charge in [0.1, 0.15) is 0 Å². The number of aromatic nitrogens is 4. The van der Waals surface area contributed by atoms with E-state index in [0.717, 1.165) is 53.5 Å². The first-order chi connectivity index (χ1) is 13.5. The summed E-state index contributed by atoms with van der Waals surface area (Å²) in [5.41, 5.74) is 3.93. The molecule has 6 heteroatoms. The largest absolute Gasteiger partial charge is 0.373 e. The zero-order valence-electron chi connectivity index (χ0n) is 16.6. The first-order valence-electron chi connectivity index (χ1n) is 9.88. The monoisotopic (exact) mass is 395 g/mol. The molecule has 2 aromatic carbocycles. The molecular weight excluding hydrogens is 370 g/mol. The molecule has 0 unspecified atom stereocenters. The summed E-state index contributed by atoms with van der Waals surface area (Å²) in [6, 6.07) is 14.4. The van der Waals surface area contributed by atoms with E-state index in [2.05, 4.69) is 59.0 Å². The van der Waals surface area contributed by atoms with E-state index < -0.39 is 0 Å². The van der Waals surface area contributed by atoms with Crippen molar-refractivity contribution in [2.75, 3.05) is 5.32 Å². The van der Waals surface area contributed by atoms with Crippen LogP contribution in [0.3, 0.4) is 0 Å². The standard InChI is InChI=1S/C22H26ClN5/c1-15-10-12-22(13-11-15,24-18-7-4-6-16(2)14-18)21-25-26-27-28(21)20-9-5-8-19(23)17(20)3/h4-9,14-15,24H,10-13H2,1-3H3. The van der Waals surface area contributed by atoms with Crippen LogP contribution in [0.2, 0.25) is 5.02 Å². The van der Waals surface area contributed by atoms with E-state index in [9.17, 15) is 0 Å². The fraction of sp³-hybridized carbons (Fsp3) is 0.409. The Balaban J connectivity index is 1.80. The molecule has 0 saturated heterocycles. The molecular formula is C22H26ClN5. The van der Waals surface area contributed by atoms with Crippen molar-refractivity contribution in [1.82, 2.24) is 20.2 Å². The quantitative estimate of drug-likeness (QED) is 0.638. The van der Waals surface area contributed by atoms with Crippen LogP contribution in [0.4, 0.5) is 5.69 Å². The third-order valence-electron chi connectivity index (χ3n) is 5.89. The van der Waals surface area contributed by atoms with Crippen molar-refractivity contribution in [3.8, 4) is 5.69 Å². The molecule has 0 spiro atoms. The molecule has 3 aromatic rings. The number of hydrogen-bond acceptors (Lipinski definition) is 4. The van der Waals surface area contributed by atoms with Crippen LogP contribution in [-0.2, 0) is 5.54 Å². The van der Waals surface area contributed by atoms with E-state index in [1.807, 2.05) is 29.8 Å². The molecule has 1 aromatic heterocycles. The lowest BCUT2D eigenvalue weighted by molar-refractivity contribution is 0.255. The summed E-state index contributed by atoms with van der Waals surface area (Å²) in [5.74, 6) is 1.57. The summed E-state index contributed by atoms with van der Waals surface area (Å²) < 4.78 is 1.86. The Morgan fingerprint density at radius 3 is 2.61 bits per heavy atom. The molecule has 1 saturated carbocycles. The fourth-order valence-corrected chi connectivity index (χ4v) is 4.30. The van der Waals surface area contributed by atoms with Gasteiger partial charge in [-0.3, -0.25) is 0 Å². The van der Waals surface area contributed by atoms with Gasteiger partial charge in [-0.15, -0.1) is 5.10 Å². The van der Waals surface area contributed by atoms with Crippen molar-refractivity contribution < 1.29 is 0 Å². The second-order valence-corrected chi connectivity index (χ2v) is 8.46. The van der Waals surface area contributed by atoms with Gasteiger partial charge < -0.3 is 5.32 Å². The molecule has 1 heterocycles. The van der Waals surface area contributed by atoms with E-state index in [1.165, 1.54) is 5.56 Å². The van der Waals surface area contributed by atoms with Crippen LogP contribution in [-0.4, -0.2) is 20.2 Å². The molecule has 1 aliphatic rings. The Morgan fingerprint density at radius 1 is 1.11 bits per heavy atom. The number of tetrazole rings is 1. The molecule has 1 fully saturated rings. The van der Waals surface area contributed by atoms with E-state index in [4.69, 9.17) is 11.6 Å². The van der Waals surface area contributed by atoms with Gasteiger partial charge in [-0.1, -0.05) is 36.7 Å². The van der Waals surface area contributed by atoms with Gasteiger partial charge in [-0.25, -0.2) is 0 Å². The zero-order valence-corrected chi connectivity index (χ0v) is 17.4. The predicted octanol–water partition coefficient (Wildman–Crippen LogP) is 5.45. The maximum Gasteiger partial charge on any atom is 0.181 e. The van der Waals surface area contributed by atoms with Gasteiger partial charge in [0.15, 0.2) is 5.82 Å². The highest BCUT2D eigenvalue weighted by Crippen LogP contribution is 2.42. The molecule has 0 atom stereocenters. The number of anilines is 1. The predicted molar refractivity (Wildman–Crippen MR) is 113 cm³/mol. The van der Waals surface area contributed by atoms with Crippen molar-refractivity contribution in [3.63, 3.8) is 0 Å². The molecule has 0 amide bonds. The second kappa shape index (κ2) is 7.55. The third-order valence-corrected chi connectivity index (χ3v) is 6.30. The van der Waals surface area contributed by atoms with E-state index >= 15 is 0 Å². The molecule has 0 radical (unpaired) electrons. The zero-order chi connectivity index (χ0) is 19.7. The lowest BCUT2D eigenvalue weighted by Gasteiger charge is -2.39. The number of nitrogens with one attached hydrogen (secondary N) is 1. The van der Waals surface area contributed by atoms with Crippen LogP contribution in [0.5, 0.6) is 0 Å². The maximum absolute atomic E-state index is 6.37. The highest BCUT2D eigenvalue weighted by atomic mass is 35.5. The van der Waals surface area contributed by atoms with Crippen LogP contribution >= 0.6 is 11.6 Å². The van der Waals surface area contributed by atoms with Crippen molar-refractivity contribution in [3.05, 3.63) is 64.4 Å². The number of aryl methyl sites for hydroxylation is 1. The van der Waals surface area contributed by atoms with Crippen molar-refractivity contribution >= 4 is 17.3 Å². The molecule has 5 nitrogen and oxygen atoms in total. The molecule has 4 rings (SSSR count). The summed E-state index contributed by atoms with van der Waals surface area (Å²) in [6.45, 7) is 6.44. The van der Waals surface area contributed by atoms with Gasteiger partial charge in [0.05, 0.1) is 11.2 Å². The van der Waals surface area contributed by atoms with Crippen LogP contribution in [0.15, 0.2) is 42.5 Å². The molecule has 28 heavy (non-hydrogen) atoms. The molecule has 146 valence electrons. The summed E-state index contributed by atoms with van der Waals surface area (Å²) in [4.78, 5) is 0. The fourth-order valence-electron chi connectivity index (χ4n) is 4.13. The lowest BCUT2D eigenvalue weighted by atomic mass is 9.76. The highest BCUT2D eigenvalue weighted by Gasteiger charge is 2.41. The van der Waals surface area contributed by atoms with Crippen LogP contribution in [0.25, 0.3) is 5.69 Å². The van der Waals surface area contributed by atoms with E-state index in [0.29, 0.717) is 5.92 Å². The summed E-state index contributed by atoms with van der Waals surface area (Å²) in [6.07, 6.45) is 4.25. The SMILES string of the molecule is Cc1cccc(NC2(c3nnnn3-c3cccc(Cl)c3C)CCC(C)CC2)c1. The first kappa shape index (κ1) is 18.9. The number of nitrogens with zero attached hydrogens (tertiary/aromatic N) is 4. The van der Waals surface area contributed by atoms with Crippen molar-refractivity contribution in [2.24, 2.45) is 5.92 Å². The van der Waals surface area contributed by atoms with Gasteiger partial charge in [0.2, 0.25) is 0 Å². The number of hydrogen-bond donors (Lipinski definition) is 1. The normalized spacial score (nSPS) is 22.2. The third kappa shape index (κ3) is 3.51. The Morgan fingerprint density at radius 2 is 1.86 bits per heavy atom. The minimum atomic E-state index is -0.307. The van der Waals surface area contributed by atoms with Gasteiger partial charge in [-0.2, -0.15) is 4.68 Å². The average molecular weight is 396 g/mol. The van der Waals surface area contributed by atoms with Gasteiger partial charge in [0, 0.05) is 10.7 Å². The Bertz CT molecular complexity index is 973. The number of rotatable bonds is 4. The molecule has 0 aliphatic heterocycles. The Hall–Kier alpha value is -2.40. The first-order valence-corrected chi connectivity index (χ1v) is 10.3. The summed E-state index contributed by atoms with van der Waals surface area (Å²) in [5, 5.41) is 17.4. The molecule has 0 bridgehead atoms. The highest BCUT2D eigenvalue weighted by molar-refractivity contribution is 6.31. The van der Waals surface area contributed by atoms with Crippen molar-refractivity contribution in [1.29, 1.82) is 0 Å². The van der Waals surface area contributed by atoms with E-state index in [-0.39, 0.29) is 5.54 Å². The van der Waals surface area contributed by atoms with Crippen LogP contribution in [0, 0.1) is 19.8 Å². The molecule has 1 N–H and O–H groups in total. The minimum Gasteiger partial charge on any atom is -0.373 e. The number of benzene rings is 2. The Labute approximate surface area is 171 Å². The Kier molecular flexibility index (Phi) is 5.11. The summed E-state index contributed by atoms with van der Waals surface area (Å²) >= 11 is 6.37. The van der Waals surface area contributed by atoms with Gasteiger partial charge >= 0.3 is 0 Å². The average Bonchev–Trinajstić information content (AvgIpc) is 3.16. The lowest BCUT2D eigenvalue weighted by Crippen LogP contribution is -2.41. The maximum atomic E-state index is 6.37. The summed E-state index contributed by atoms with van der Waals surface area (Å²) in [7, 11) is 0. The second-order valence-electron chi connectivity index (χ2n) is 8.06. The van der Waals surface area contributed by atoms with Crippen molar-refractivity contribution in [2.45, 2.75) is 52.0 Å². The van der Waals surface area contributed by atoms with Gasteiger partial charge in [-0.05, 0) is 91.3 Å². The topological polar surface area (TPSA) is 55.6 Å².